The number of aromatic hydroxyl groups is 1. The van der Waals surface area contributed by atoms with Gasteiger partial charge in [0.05, 0.1) is 5.69 Å². The topological polar surface area (TPSA) is 63.3 Å². The van der Waals surface area contributed by atoms with E-state index in [-0.39, 0.29) is 16.8 Å². The molecule has 0 aliphatic heterocycles. The van der Waals surface area contributed by atoms with Crippen molar-refractivity contribution in [2.75, 3.05) is 0 Å². The minimum atomic E-state index is -0.242. The SMILES string of the molecule is CC(C)(C)c1cn2nc(O)nc2nc1C(C)(C)C. The summed E-state index contributed by atoms with van der Waals surface area (Å²) < 4.78 is 1.53. The molecular formula is C13H20N4O. The molecule has 0 bridgehead atoms. The van der Waals surface area contributed by atoms with E-state index in [1.54, 1.807) is 0 Å². The van der Waals surface area contributed by atoms with Gasteiger partial charge in [0.2, 0.25) is 0 Å². The van der Waals surface area contributed by atoms with E-state index in [0.717, 1.165) is 11.3 Å². The van der Waals surface area contributed by atoms with Gasteiger partial charge in [0, 0.05) is 11.6 Å². The van der Waals surface area contributed by atoms with Crippen LogP contribution in [0.2, 0.25) is 0 Å². The molecule has 5 heteroatoms. The maximum Gasteiger partial charge on any atom is 0.335 e. The number of aromatic nitrogens is 4. The molecule has 0 amide bonds. The van der Waals surface area contributed by atoms with E-state index in [2.05, 4.69) is 56.6 Å². The molecule has 98 valence electrons. The third kappa shape index (κ3) is 2.17. The van der Waals surface area contributed by atoms with Crippen LogP contribution < -0.4 is 0 Å². The highest BCUT2D eigenvalue weighted by atomic mass is 16.3. The molecule has 18 heavy (non-hydrogen) atoms. The molecule has 0 atom stereocenters. The van der Waals surface area contributed by atoms with E-state index in [9.17, 15) is 5.11 Å². The maximum absolute atomic E-state index is 9.36. The third-order valence-electron chi connectivity index (χ3n) is 2.84. The molecule has 2 heterocycles. The molecule has 5 nitrogen and oxygen atoms in total. The van der Waals surface area contributed by atoms with Crippen LogP contribution in [-0.2, 0) is 10.8 Å². The van der Waals surface area contributed by atoms with Crippen molar-refractivity contribution in [3.05, 3.63) is 17.5 Å². The Kier molecular flexibility index (Phi) is 2.61. The summed E-state index contributed by atoms with van der Waals surface area (Å²) >= 11 is 0. The quantitative estimate of drug-likeness (QED) is 0.777. The molecule has 0 fully saturated rings. The van der Waals surface area contributed by atoms with Crippen molar-refractivity contribution in [2.45, 2.75) is 52.4 Å². The molecule has 2 aromatic heterocycles. The van der Waals surface area contributed by atoms with Crippen molar-refractivity contribution in [3.8, 4) is 6.01 Å². The van der Waals surface area contributed by atoms with Crippen molar-refractivity contribution in [3.63, 3.8) is 0 Å². The average Bonchev–Trinajstić information content (AvgIpc) is 2.52. The Bertz CT molecular complexity index is 536. The van der Waals surface area contributed by atoms with E-state index < -0.39 is 0 Å². The zero-order chi connectivity index (χ0) is 13.7. The van der Waals surface area contributed by atoms with Gasteiger partial charge in [-0.2, -0.15) is 4.98 Å². The number of fused-ring (bicyclic) bond motifs is 1. The van der Waals surface area contributed by atoms with Crippen molar-refractivity contribution in [1.29, 1.82) is 0 Å². The first kappa shape index (κ1) is 12.8. The second kappa shape index (κ2) is 3.67. The Morgan fingerprint density at radius 1 is 1.00 bits per heavy atom. The lowest BCUT2D eigenvalue weighted by Crippen LogP contribution is -2.24. The molecule has 1 N–H and O–H groups in total. The van der Waals surface area contributed by atoms with Gasteiger partial charge < -0.3 is 5.11 Å². The summed E-state index contributed by atoms with van der Waals surface area (Å²) in [6.07, 6.45) is 1.91. The van der Waals surface area contributed by atoms with Gasteiger partial charge in [-0.25, -0.2) is 9.50 Å². The summed E-state index contributed by atoms with van der Waals surface area (Å²) in [7, 11) is 0. The lowest BCUT2D eigenvalue weighted by atomic mass is 9.79. The van der Waals surface area contributed by atoms with Crippen LogP contribution in [0.3, 0.4) is 0 Å². The average molecular weight is 248 g/mol. The minimum Gasteiger partial charge on any atom is -0.478 e. The first-order chi connectivity index (χ1) is 8.09. The lowest BCUT2D eigenvalue weighted by molar-refractivity contribution is 0.431. The molecule has 0 aromatic carbocycles. The second-order valence-electron chi connectivity index (χ2n) is 6.66. The van der Waals surface area contributed by atoms with Crippen LogP contribution in [-0.4, -0.2) is 24.7 Å². The van der Waals surface area contributed by atoms with Crippen molar-refractivity contribution in [2.24, 2.45) is 0 Å². The van der Waals surface area contributed by atoms with Gasteiger partial charge in [-0.05, 0) is 11.0 Å². The summed E-state index contributed by atoms with van der Waals surface area (Å²) in [6.45, 7) is 12.8. The molecule has 0 unspecified atom stereocenters. The van der Waals surface area contributed by atoms with Crippen molar-refractivity contribution in [1.82, 2.24) is 19.6 Å². The van der Waals surface area contributed by atoms with E-state index in [1.807, 2.05) is 6.20 Å². The van der Waals surface area contributed by atoms with E-state index >= 15 is 0 Å². The van der Waals surface area contributed by atoms with Gasteiger partial charge in [0.1, 0.15) is 0 Å². The normalized spacial score (nSPS) is 13.2. The van der Waals surface area contributed by atoms with Crippen LogP contribution >= 0.6 is 0 Å². The summed E-state index contributed by atoms with van der Waals surface area (Å²) in [4.78, 5) is 8.47. The largest absolute Gasteiger partial charge is 0.478 e. The highest BCUT2D eigenvalue weighted by Crippen LogP contribution is 2.32. The Hall–Kier alpha value is -1.65. The highest BCUT2D eigenvalue weighted by Gasteiger charge is 2.28. The summed E-state index contributed by atoms with van der Waals surface area (Å²) in [5, 5.41) is 13.3. The first-order valence-electron chi connectivity index (χ1n) is 6.06. The zero-order valence-corrected chi connectivity index (χ0v) is 11.8. The predicted octanol–water partition coefficient (Wildman–Crippen LogP) is 2.42. The first-order valence-corrected chi connectivity index (χ1v) is 6.06. The molecule has 0 radical (unpaired) electrons. The van der Waals surface area contributed by atoms with E-state index in [4.69, 9.17) is 0 Å². The van der Waals surface area contributed by atoms with E-state index in [0.29, 0.717) is 5.78 Å². The Morgan fingerprint density at radius 3 is 2.11 bits per heavy atom. The Morgan fingerprint density at radius 2 is 1.61 bits per heavy atom. The van der Waals surface area contributed by atoms with Crippen LogP contribution in [0, 0.1) is 0 Å². The predicted molar refractivity (Wildman–Crippen MR) is 69.8 cm³/mol. The molecule has 2 rings (SSSR count). The number of rotatable bonds is 0. The fourth-order valence-electron chi connectivity index (χ4n) is 1.93. The van der Waals surface area contributed by atoms with Crippen LogP contribution in [0.1, 0.15) is 52.8 Å². The second-order valence-corrected chi connectivity index (χ2v) is 6.66. The Balaban J connectivity index is 2.80. The summed E-state index contributed by atoms with van der Waals surface area (Å²) in [5.41, 5.74) is 2.00. The van der Waals surface area contributed by atoms with Crippen molar-refractivity contribution >= 4 is 5.78 Å². The fourth-order valence-corrected chi connectivity index (χ4v) is 1.93. The molecular weight excluding hydrogens is 228 g/mol. The maximum atomic E-state index is 9.36. The molecule has 0 aliphatic rings. The summed E-state index contributed by atoms with van der Waals surface area (Å²) in [5.74, 6) is 0.436. The minimum absolute atomic E-state index is 0.0363. The smallest absolute Gasteiger partial charge is 0.335 e. The van der Waals surface area contributed by atoms with Gasteiger partial charge in [-0.3, -0.25) is 0 Å². The molecule has 0 saturated carbocycles. The van der Waals surface area contributed by atoms with Gasteiger partial charge in [-0.15, -0.1) is 5.10 Å². The monoisotopic (exact) mass is 248 g/mol. The van der Waals surface area contributed by atoms with Crippen LogP contribution in [0.4, 0.5) is 0 Å². The van der Waals surface area contributed by atoms with Gasteiger partial charge >= 0.3 is 6.01 Å². The molecule has 0 aliphatic carbocycles. The Labute approximate surface area is 107 Å². The number of nitrogens with zero attached hydrogens (tertiary/aromatic N) is 4. The van der Waals surface area contributed by atoms with Gasteiger partial charge in [0.15, 0.2) is 0 Å². The zero-order valence-electron chi connectivity index (χ0n) is 11.8. The third-order valence-corrected chi connectivity index (χ3v) is 2.84. The fraction of sp³-hybridized carbons (Fsp3) is 0.615. The van der Waals surface area contributed by atoms with Gasteiger partial charge in [0.25, 0.3) is 5.78 Å². The molecule has 0 saturated heterocycles. The van der Waals surface area contributed by atoms with Crippen LogP contribution in [0.25, 0.3) is 5.78 Å². The summed E-state index contributed by atoms with van der Waals surface area (Å²) in [6, 6.07) is -0.242. The molecule has 2 aromatic rings. The van der Waals surface area contributed by atoms with Crippen LogP contribution in [0.15, 0.2) is 6.20 Å². The highest BCUT2D eigenvalue weighted by molar-refractivity contribution is 5.39. The standard InChI is InChI=1S/C13H20N4O/c1-12(2,3)8-7-17-10(15-11(18)16-17)14-9(8)13(4,5)6/h7H,1-6H3,(H,16,18). The number of hydrogen-bond acceptors (Lipinski definition) is 4. The molecule has 0 spiro atoms. The number of hydrogen-bond donors (Lipinski definition) is 1. The van der Waals surface area contributed by atoms with Gasteiger partial charge in [-0.1, -0.05) is 41.5 Å². The lowest BCUT2D eigenvalue weighted by Gasteiger charge is -2.28. The van der Waals surface area contributed by atoms with E-state index in [1.165, 1.54) is 4.52 Å². The van der Waals surface area contributed by atoms with Crippen molar-refractivity contribution < 1.29 is 5.11 Å². The van der Waals surface area contributed by atoms with Crippen LogP contribution in [0.5, 0.6) is 6.01 Å².